The number of carbonyl (C=O) groups is 1. The third-order valence-electron chi connectivity index (χ3n) is 5.99. The van der Waals surface area contributed by atoms with Gasteiger partial charge in [-0.1, -0.05) is 19.3 Å². The molecular formula is C18H33ClN2O3S. The zero-order valence-electron chi connectivity index (χ0n) is 15.3. The van der Waals surface area contributed by atoms with E-state index in [1.807, 2.05) is 0 Å². The second-order valence-electron chi connectivity index (χ2n) is 8.27. The summed E-state index contributed by atoms with van der Waals surface area (Å²) >= 11 is 0. The third-order valence-corrected chi connectivity index (χ3v) is 6.92. The van der Waals surface area contributed by atoms with E-state index in [4.69, 9.17) is 0 Å². The second-order valence-corrected chi connectivity index (χ2v) is 10.5. The number of hydrogen-bond donors (Lipinski definition) is 1. The maximum Gasteiger partial charge on any atom is 0.220 e. The van der Waals surface area contributed by atoms with Crippen molar-refractivity contribution in [1.82, 2.24) is 10.2 Å². The molecule has 7 heteroatoms. The largest absolute Gasteiger partial charge is 0.352 e. The molecule has 3 fully saturated rings. The molecule has 1 amide bonds. The van der Waals surface area contributed by atoms with Crippen molar-refractivity contribution in [2.45, 2.75) is 57.4 Å². The molecule has 2 atom stereocenters. The Bertz CT molecular complexity index is 545. The number of carbonyl (C=O) groups excluding carboxylic acids is 1. The normalized spacial score (nSPS) is 28.5. The minimum atomic E-state index is -2.92. The van der Waals surface area contributed by atoms with Crippen LogP contribution in [-0.2, 0) is 14.6 Å². The summed E-state index contributed by atoms with van der Waals surface area (Å²) in [5.74, 6) is 2.24. The van der Waals surface area contributed by atoms with Crippen LogP contribution in [0.1, 0.15) is 51.4 Å². The van der Waals surface area contributed by atoms with Crippen molar-refractivity contribution >= 4 is 28.2 Å². The van der Waals surface area contributed by atoms with Crippen LogP contribution in [-0.4, -0.2) is 56.9 Å². The van der Waals surface area contributed by atoms with Crippen LogP contribution in [0, 0.1) is 17.8 Å². The number of rotatable bonds is 7. The number of hydrogen-bond acceptors (Lipinski definition) is 4. The van der Waals surface area contributed by atoms with Gasteiger partial charge in [0.1, 0.15) is 9.84 Å². The number of sulfone groups is 1. The Hall–Kier alpha value is -0.330. The molecule has 2 aliphatic carbocycles. The fraction of sp³-hybridized carbons (Fsp3) is 0.944. The molecule has 0 radical (unpaired) electrons. The molecule has 1 aliphatic heterocycles. The lowest BCUT2D eigenvalue weighted by Crippen LogP contribution is -2.42. The van der Waals surface area contributed by atoms with Gasteiger partial charge in [-0.2, -0.15) is 0 Å². The highest BCUT2D eigenvalue weighted by atomic mass is 35.5. The Morgan fingerprint density at radius 1 is 1.08 bits per heavy atom. The topological polar surface area (TPSA) is 66.5 Å². The van der Waals surface area contributed by atoms with E-state index in [0.717, 1.165) is 19.0 Å². The van der Waals surface area contributed by atoms with Crippen molar-refractivity contribution in [3.8, 4) is 0 Å². The molecule has 0 aromatic heterocycles. The summed E-state index contributed by atoms with van der Waals surface area (Å²) < 4.78 is 22.8. The highest BCUT2D eigenvalue weighted by Gasteiger charge is 2.43. The first-order chi connectivity index (χ1) is 11.4. The molecule has 25 heavy (non-hydrogen) atoms. The van der Waals surface area contributed by atoms with Crippen molar-refractivity contribution in [1.29, 1.82) is 0 Å². The smallest absolute Gasteiger partial charge is 0.220 e. The summed E-state index contributed by atoms with van der Waals surface area (Å²) in [5.41, 5.74) is 0. The maximum absolute atomic E-state index is 12.5. The summed E-state index contributed by atoms with van der Waals surface area (Å²) in [7, 11) is -2.92. The molecule has 0 aromatic rings. The van der Waals surface area contributed by atoms with Crippen molar-refractivity contribution in [2.24, 2.45) is 17.8 Å². The van der Waals surface area contributed by atoms with Crippen LogP contribution in [0.15, 0.2) is 0 Å². The van der Waals surface area contributed by atoms with Gasteiger partial charge in [-0.05, 0) is 43.4 Å². The Labute approximate surface area is 158 Å². The first-order valence-electron chi connectivity index (χ1n) is 9.60. The van der Waals surface area contributed by atoms with Crippen molar-refractivity contribution in [2.75, 3.05) is 31.6 Å². The van der Waals surface area contributed by atoms with E-state index >= 15 is 0 Å². The highest BCUT2D eigenvalue weighted by molar-refractivity contribution is 7.90. The molecule has 1 heterocycles. The minimum absolute atomic E-state index is 0. The number of likely N-dealkylation sites (tertiary alicyclic amines) is 1. The Balaban J connectivity index is 0.00000225. The van der Waals surface area contributed by atoms with Crippen LogP contribution in [0.4, 0.5) is 0 Å². The van der Waals surface area contributed by atoms with Gasteiger partial charge in [0.25, 0.3) is 0 Å². The van der Waals surface area contributed by atoms with Crippen molar-refractivity contribution in [3.05, 3.63) is 0 Å². The summed E-state index contributed by atoms with van der Waals surface area (Å²) in [6.45, 7) is 2.35. The van der Waals surface area contributed by atoms with Crippen LogP contribution in [0.2, 0.25) is 0 Å². The molecule has 0 unspecified atom stereocenters. The molecule has 1 N–H and O–H groups in total. The van der Waals surface area contributed by atoms with Gasteiger partial charge in [-0.15, -0.1) is 12.4 Å². The van der Waals surface area contributed by atoms with Crippen LogP contribution in [0.3, 0.4) is 0 Å². The van der Waals surface area contributed by atoms with E-state index < -0.39 is 9.84 Å². The van der Waals surface area contributed by atoms with Crippen molar-refractivity contribution in [3.63, 3.8) is 0 Å². The van der Waals surface area contributed by atoms with E-state index in [0.29, 0.717) is 24.8 Å². The second kappa shape index (κ2) is 9.05. The van der Waals surface area contributed by atoms with Gasteiger partial charge in [0.2, 0.25) is 5.91 Å². The van der Waals surface area contributed by atoms with Crippen LogP contribution >= 0.6 is 12.4 Å². The van der Waals surface area contributed by atoms with Gasteiger partial charge in [0.05, 0.1) is 5.75 Å². The lowest BCUT2D eigenvalue weighted by atomic mass is 9.86. The van der Waals surface area contributed by atoms with Crippen molar-refractivity contribution < 1.29 is 13.2 Å². The Morgan fingerprint density at radius 3 is 2.36 bits per heavy atom. The third kappa shape index (κ3) is 6.72. The maximum atomic E-state index is 12.5. The lowest BCUT2D eigenvalue weighted by molar-refractivity contribution is -0.123. The van der Waals surface area contributed by atoms with E-state index in [9.17, 15) is 13.2 Å². The average Bonchev–Trinajstić information content (AvgIpc) is 3.28. The summed E-state index contributed by atoms with van der Waals surface area (Å²) in [6, 6.07) is 0.216. The highest BCUT2D eigenvalue weighted by Crippen LogP contribution is 2.41. The van der Waals surface area contributed by atoms with Crippen LogP contribution in [0.5, 0.6) is 0 Å². The van der Waals surface area contributed by atoms with Gasteiger partial charge in [-0.3, -0.25) is 9.69 Å². The summed E-state index contributed by atoms with van der Waals surface area (Å²) in [5, 5.41) is 3.29. The average molecular weight is 393 g/mol. The van der Waals surface area contributed by atoms with Crippen LogP contribution < -0.4 is 5.32 Å². The summed E-state index contributed by atoms with van der Waals surface area (Å²) in [6.07, 6.45) is 10.8. The predicted octanol–water partition coefficient (Wildman–Crippen LogP) is 2.25. The number of nitrogens with one attached hydrogen (secondary N) is 1. The predicted molar refractivity (Wildman–Crippen MR) is 103 cm³/mol. The van der Waals surface area contributed by atoms with E-state index in [-0.39, 0.29) is 30.1 Å². The fourth-order valence-corrected chi connectivity index (χ4v) is 5.05. The number of amides is 1. The quantitative estimate of drug-likeness (QED) is 0.721. The van der Waals surface area contributed by atoms with E-state index in [1.54, 1.807) is 0 Å². The SMILES string of the molecule is CS(=O)(=O)CCN1C[C@H](NC(=O)CC2CCCCC2)[C@@H](C2CC2)C1.Cl. The van der Waals surface area contributed by atoms with E-state index in [2.05, 4.69) is 10.2 Å². The summed E-state index contributed by atoms with van der Waals surface area (Å²) in [4.78, 5) is 14.7. The van der Waals surface area contributed by atoms with Gasteiger partial charge < -0.3 is 5.32 Å². The number of nitrogens with zero attached hydrogens (tertiary/aromatic N) is 1. The van der Waals surface area contributed by atoms with E-state index in [1.165, 1.54) is 51.2 Å². The Morgan fingerprint density at radius 2 is 1.76 bits per heavy atom. The fourth-order valence-electron chi connectivity index (χ4n) is 4.46. The molecule has 3 aliphatic rings. The minimum Gasteiger partial charge on any atom is -0.352 e. The lowest BCUT2D eigenvalue weighted by Gasteiger charge is -2.24. The molecule has 0 spiro atoms. The molecular weight excluding hydrogens is 360 g/mol. The van der Waals surface area contributed by atoms with Gasteiger partial charge in [0.15, 0.2) is 0 Å². The first kappa shape index (κ1) is 21.0. The molecule has 5 nitrogen and oxygen atoms in total. The number of halogens is 1. The molecule has 146 valence electrons. The van der Waals surface area contributed by atoms with Crippen LogP contribution in [0.25, 0.3) is 0 Å². The zero-order valence-corrected chi connectivity index (χ0v) is 16.9. The van der Waals surface area contributed by atoms with Gasteiger partial charge in [-0.25, -0.2) is 8.42 Å². The first-order valence-corrected chi connectivity index (χ1v) is 11.7. The molecule has 3 rings (SSSR count). The molecule has 1 saturated heterocycles. The molecule has 0 aromatic carbocycles. The monoisotopic (exact) mass is 392 g/mol. The Kier molecular flexibility index (Phi) is 7.59. The standard InChI is InChI=1S/C18H32N2O3S.ClH/c1-24(22,23)10-9-20-12-16(15-7-8-15)17(13-20)19-18(21)11-14-5-3-2-4-6-14;/h14-17H,2-13H2,1H3,(H,19,21);1H/t16-,17+;/m1./s1. The molecule has 2 saturated carbocycles. The zero-order chi connectivity index (χ0) is 17.2. The van der Waals surface area contributed by atoms with Gasteiger partial charge in [0, 0.05) is 38.4 Å². The van der Waals surface area contributed by atoms with Gasteiger partial charge >= 0.3 is 0 Å². The molecule has 0 bridgehead atoms.